The van der Waals surface area contributed by atoms with Crippen molar-refractivity contribution in [2.24, 2.45) is 5.92 Å². The molecule has 1 unspecified atom stereocenters. The average Bonchev–Trinajstić information content (AvgIpc) is 2.89. The number of benzene rings is 1. The van der Waals surface area contributed by atoms with Crippen LogP contribution in [0.2, 0.25) is 0 Å². The molecule has 0 aliphatic carbocycles. The van der Waals surface area contributed by atoms with Crippen LogP contribution in [-0.4, -0.2) is 16.3 Å². The Morgan fingerprint density at radius 2 is 1.46 bits per heavy atom. The van der Waals surface area contributed by atoms with Crippen molar-refractivity contribution in [3.8, 4) is 5.69 Å². The number of aliphatic hydroxyl groups excluding tert-OH is 1. The molecule has 2 rings (SSSR count). The SMILES string of the molecule is Cc1cc(C)c(-n2cc[n+](C(CO)CC(C)C)c2)c(C)c1.F[P-](F)(F)(F)(F)F. The molecule has 0 saturated heterocycles. The standard InChI is InChI=1S/C18H27N2O.F6P/c1-13(2)8-17(11-21)19-6-7-20(12-19)18-15(4)9-14(3)10-16(18)5;1-7(2,3,4,5)6/h6-7,9-10,12-13,17,21H,8,11H2,1-5H3;/q+1;-1. The van der Waals surface area contributed by atoms with Gasteiger partial charge in [0.2, 0.25) is 6.33 Å². The van der Waals surface area contributed by atoms with E-state index in [1.807, 2.05) is 0 Å². The molecule has 0 spiro atoms. The van der Waals surface area contributed by atoms with E-state index in [1.54, 1.807) is 0 Å². The van der Waals surface area contributed by atoms with E-state index in [4.69, 9.17) is 0 Å². The molecule has 1 N–H and O–H groups in total. The molecule has 0 bridgehead atoms. The first-order chi connectivity index (χ1) is 12.4. The maximum absolute atomic E-state index is 10.7. The normalized spacial score (nSPS) is 15.5. The third-order valence-corrected chi connectivity index (χ3v) is 3.93. The molecule has 0 radical (unpaired) electrons. The van der Waals surface area contributed by atoms with Crippen LogP contribution in [0.3, 0.4) is 0 Å². The van der Waals surface area contributed by atoms with E-state index < -0.39 is 7.81 Å². The van der Waals surface area contributed by atoms with E-state index in [-0.39, 0.29) is 12.6 Å². The first kappa shape index (κ1) is 24.4. The Hall–Kier alpha value is -1.60. The van der Waals surface area contributed by atoms with Crippen molar-refractivity contribution in [3.63, 3.8) is 0 Å². The Bertz CT molecular complexity index is 781. The third-order valence-electron chi connectivity index (χ3n) is 3.93. The van der Waals surface area contributed by atoms with Crippen LogP contribution in [0.5, 0.6) is 0 Å². The molecule has 2 aromatic rings. The van der Waals surface area contributed by atoms with E-state index in [9.17, 15) is 30.3 Å². The van der Waals surface area contributed by atoms with Crippen molar-refractivity contribution in [2.45, 2.75) is 47.1 Å². The molecule has 0 aliphatic rings. The van der Waals surface area contributed by atoms with E-state index in [2.05, 4.69) is 74.6 Å². The molecular weight excluding hydrogens is 405 g/mol. The summed E-state index contributed by atoms with van der Waals surface area (Å²) in [5, 5.41) is 9.62. The Morgan fingerprint density at radius 3 is 1.86 bits per heavy atom. The summed E-state index contributed by atoms with van der Waals surface area (Å²) in [6.07, 6.45) is 7.21. The Morgan fingerprint density at radius 1 is 1.00 bits per heavy atom. The van der Waals surface area contributed by atoms with Gasteiger partial charge in [0.15, 0.2) is 0 Å². The van der Waals surface area contributed by atoms with Crippen molar-refractivity contribution in [1.29, 1.82) is 0 Å². The fourth-order valence-electron chi connectivity index (χ4n) is 3.13. The van der Waals surface area contributed by atoms with Crippen LogP contribution < -0.4 is 4.57 Å². The number of halogens is 6. The fraction of sp³-hybridized carbons (Fsp3) is 0.500. The number of hydrogen-bond donors (Lipinski definition) is 1. The summed E-state index contributed by atoms with van der Waals surface area (Å²) in [5.41, 5.74) is 5.08. The van der Waals surface area contributed by atoms with Crippen molar-refractivity contribution < 1.29 is 34.9 Å². The zero-order valence-corrected chi connectivity index (χ0v) is 17.4. The summed E-state index contributed by atoms with van der Waals surface area (Å²) in [7, 11) is -10.7. The zero-order chi connectivity index (χ0) is 22.0. The van der Waals surface area contributed by atoms with Crippen LogP contribution in [0.15, 0.2) is 30.9 Å². The number of aliphatic hydroxyl groups is 1. The van der Waals surface area contributed by atoms with Crippen molar-refractivity contribution in [2.75, 3.05) is 6.61 Å². The summed E-state index contributed by atoms with van der Waals surface area (Å²) < 4.78 is 63.5. The van der Waals surface area contributed by atoms with Gasteiger partial charge < -0.3 is 5.11 Å². The van der Waals surface area contributed by atoms with Gasteiger partial charge in [-0.3, -0.25) is 0 Å². The molecule has 3 nitrogen and oxygen atoms in total. The molecule has 1 atom stereocenters. The van der Waals surface area contributed by atoms with Gasteiger partial charge in [0.25, 0.3) is 0 Å². The topological polar surface area (TPSA) is 29.0 Å². The van der Waals surface area contributed by atoms with E-state index in [1.165, 1.54) is 22.4 Å². The second-order valence-corrected chi connectivity index (χ2v) is 9.36. The van der Waals surface area contributed by atoms with Gasteiger partial charge in [0, 0.05) is 0 Å². The molecule has 0 fully saturated rings. The van der Waals surface area contributed by atoms with Crippen LogP contribution >= 0.6 is 7.81 Å². The van der Waals surface area contributed by atoms with Gasteiger partial charge in [-0.2, -0.15) is 0 Å². The van der Waals surface area contributed by atoms with Gasteiger partial charge >= 0.3 is 33.0 Å². The summed E-state index contributed by atoms with van der Waals surface area (Å²) in [6.45, 7) is 11.0. The predicted molar refractivity (Wildman–Crippen MR) is 99.3 cm³/mol. The molecule has 0 saturated carbocycles. The van der Waals surface area contributed by atoms with Crippen molar-refractivity contribution in [1.82, 2.24) is 4.57 Å². The number of nitrogens with zero attached hydrogens (tertiary/aromatic N) is 2. The van der Waals surface area contributed by atoms with Gasteiger partial charge in [0.1, 0.15) is 24.1 Å². The minimum atomic E-state index is -10.7. The predicted octanol–water partition coefficient (Wildman–Crippen LogP) is 6.65. The molecule has 0 amide bonds. The maximum atomic E-state index is 9.87. The van der Waals surface area contributed by atoms with Crippen LogP contribution in [0, 0.1) is 26.7 Å². The number of hydrogen-bond acceptors (Lipinski definition) is 1. The molecule has 162 valence electrons. The summed E-state index contributed by atoms with van der Waals surface area (Å²) in [6, 6.07) is 4.58. The molecular formula is C18H27F6N2OP. The van der Waals surface area contributed by atoms with E-state index in [0.717, 1.165) is 6.42 Å². The van der Waals surface area contributed by atoms with Crippen molar-refractivity contribution >= 4 is 7.81 Å². The monoisotopic (exact) mass is 432 g/mol. The van der Waals surface area contributed by atoms with Crippen LogP contribution in [0.1, 0.15) is 43.0 Å². The molecule has 0 aliphatic heterocycles. The Kier molecular flexibility index (Phi) is 6.70. The molecule has 1 aromatic carbocycles. The van der Waals surface area contributed by atoms with Gasteiger partial charge in [-0.25, -0.2) is 9.13 Å². The molecule has 10 heteroatoms. The first-order valence-electron chi connectivity index (χ1n) is 8.71. The molecule has 1 heterocycles. The third kappa shape index (κ3) is 9.55. The Balaban J connectivity index is 0.000000480. The number of rotatable bonds is 5. The number of imidazole rings is 1. The van der Waals surface area contributed by atoms with Crippen LogP contribution in [0.25, 0.3) is 5.69 Å². The molecule has 28 heavy (non-hydrogen) atoms. The first-order valence-corrected chi connectivity index (χ1v) is 10.7. The molecule has 1 aromatic heterocycles. The fourth-order valence-corrected chi connectivity index (χ4v) is 3.13. The summed E-state index contributed by atoms with van der Waals surface area (Å²) in [5.74, 6) is 0.570. The quantitative estimate of drug-likeness (QED) is 0.320. The number of aromatic nitrogens is 2. The van der Waals surface area contributed by atoms with Gasteiger partial charge in [-0.15, -0.1) is 0 Å². The summed E-state index contributed by atoms with van der Waals surface area (Å²) >= 11 is 0. The summed E-state index contributed by atoms with van der Waals surface area (Å²) in [4.78, 5) is 0. The van der Waals surface area contributed by atoms with Gasteiger partial charge in [-0.05, 0) is 44.2 Å². The van der Waals surface area contributed by atoms with Crippen LogP contribution in [0.4, 0.5) is 25.2 Å². The second kappa shape index (κ2) is 7.67. The number of aryl methyl sites for hydroxylation is 3. The van der Waals surface area contributed by atoms with E-state index >= 15 is 0 Å². The van der Waals surface area contributed by atoms with E-state index in [0.29, 0.717) is 5.92 Å². The van der Waals surface area contributed by atoms with Crippen LogP contribution in [-0.2, 0) is 0 Å². The van der Waals surface area contributed by atoms with Crippen molar-refractivity contribution in [3.05, 3.63) is 47.5 Å². The average molecular weight is 432 g/mol. The Labute approximate surface area is 160 Å². The minimum absolute atomic E-state index is 0.150. The second-order valence-electron chi connectivity index (χ2n) is 7.44. The van der Waals surface area contributed by atoms with Gasteiger partial charge in [-0.1, -0.05) is 31.5 Å². The van der Waals surface area contributed by atoms with Gasteiger partial charge in [0.05, 0.1) is 6.61 Å². The zero-order valence-electron chi connectivity index (χ0n) is 16.5.